The quantitative estimate of drug-likeness (QED) is 0.829. The predicted octanol–water partition coefficient (Wildman–Crippen LogP) is 0.869. The van der Waals surface area contributed by atoms with Gasteiger partial charge < -0.3 is 10.1 Å². The third kappa shape index (κ3) is 4.28. The van der Waals surface area contributed by atoms with Gasteiger partial charge in [-0.2, -0.15) is 0 Å². The molecule has 0 saturated carbocycles. The smallest absolute Gasteiger partial charge is 0.269 e. The van der Waals surface area contributed by atoms with Gasteiger partial charge >= 0.3 is 0 Å². The molecular formula is C19H26N4O3. The lowest BCUT2D eigenvalue weighted by Gasteiger charge is -2.36. The summed E-state index contributed by atoms with van der Waals surface area (Å²) >= 11 is 0. The molecule has 1 fully saturated rings. The molecule has 1 atom stereocenters. The third-order valence-electron chi connectivity index (χ3n) is 4.85. The molecular weight excluding hydrogens is 332 g/mol. The van der Waals surface area contributed by atoms with Gasteiger partial charge in [0.05, 0.1) is 30.4 Å². The molecule has 1 aromatic carbocycles. The van der Waals surface area contributed by atoms with Gasteiger partial charge in [0.15, 0.2) is 0 Å². The zero-order chi connectivity index (χ0) is 18.5. The second-order valence-corrected chi connectivity index (χ2v) is 6.94. The van der Waals surface area contributed by atoms with Crippen molar-refractivity contribution in [3.63, 3.8) is 0 Å². The van der Waals surface area contributed by atoms with E-state index in [1.165, 1.54) is 10.8 Å². The number of amides is 1. The molecule has 1 aromatic heterocycles. The highest BCUT2D eigenvalue weighted by molar-refractivity contribution is 5.79. The zero-order valence-corrected chi connectivity index (χ0v) is 15.4. The van der Waals surface area contributed by atoms with Crippen LogP contribution in [0.4, 0.5) is 0 Å². The molecule has 2 heterocycles. The topological polar surface area (TPSA) is 76.5 Å². The summed E-state index contributed by atoms with van der Waals surface area (Å²) in [7, 11) is 0. The molecule has 0 spiro atoms. The molecule has 0 aliphatic carbocycles. The molecule has 1 amide bonds. The number of hydrogen-bond donors (Lipinski definition) is 1. The molecule has 1 aliphatic heterocycles. The van der Waals surface area contributed by atoms with Crippen molar-refractivity contribution in [2.75, 3.05) is 32.8 Å². The van der Waals surface area contributed by atoms with Crippen LogP contribution in [0.1, 0.15) is 13.8 Å². The number of morpholine rings is 1. The Morgan fingerprint density at radius 3 is 2.73 bits per heavy atom. The Bertz CT molecular complexity index is 812. The predicted molar refractivity (Wildman–Crippen MR) is 100 cm³/mol. The first kappa shape index (κ1) is 18.5. The summed E-state index contributed by atoms with van der Waals surface area (Å²) in [5.41, 5.74) is 1.10. The monoisotopic (exact) mass is 358 g/mol. The van der Waals surface area contributed by atoms with Crippen LogP contribution in [0.3, 0.4) is 0 Å². The lowest BCUT2D eigenvalue weighted by molar-refractivity contribution is -0.122. The largest absolute Gasteiger partial charge is 0.379 e. The molecule has 1 saturated heterocycles. The van der Waals surface area contributed by atoms with Crippen LogP contribution in [0.2, 0.25) is 0 Å². The number of rotatable bonds is 6. The highest BCUT2D eigenvalue weighted by Crippen LogP contribution is 2.12. The summed E-state index contributed by atoms with van der Waals surface area (Å²) in [5, 5.41) is 3.00. The maximum atomic E-state index is 12.5. The second kappa shape index (κ2) is 8.42. The Morgan fingerprint density at radius 2 is 2.00 bits per heavy atom. The lowest BCUT2D eigenvalue weighted by Crippen LogP contribution is -2.51. The standard InChI is InChI=1S/C19H26N4O3/c1-14(2)17(22-7-9-26-10-8-22)11-21-18(24)13-23-16-6-4-3-5-15(16)20-12-19(23)25/h3-6,12,14,17H,7-11,13H2,1-2H3,(H,21,24). The van der Waals surface area contributed by atoms with Crippen molar-refractivity contribution in [1.82, 2.24) is 19.8 Å². The van der Waals surface area contributed by atoms with E-state index in [1.54, 1.807) is 0 Å². The molecule has 1 unspecified atom stereocenters. The first-order chi connectivity index (χ1) is 12.6. The summed E-state index contributed by atoms with van der Waals surface area (Å²) in [6.07, 6.45) is 1.26. The molecule has 7 nitrogen and oxygen atoms in total. The minimum Gasteiger partial charge on any atom is -0.379 e. The van der Waals surface area contributed by atoms with Gasteiger partial charge in [-0.3, -0.25) is 19.1 Å². The number of nitrogens with zero attached hydrogens (tertiary/aromatic N) is 3. The number of nitrogens with one attached hydrogen (secondary N) is 1. The van der Waals surface area contributed by atoms with Crippen molar-refractivity contribution in [1.29, 1.82) is 0 Å². The number of benzene rings is 1. The summed E-state index contributed by atoms with van der Waals surface area (Å²) in [6, 6.07) is 7.59. The number of hydrogen-bond acceptors (Lipinski definition) is 5. The highest BCUT2D eigenvalue weighted by Gasteiger charge is 2.24. The van der Waals surface area contributed by atoms with Crippen molar-refractivity contribution in [3.05, 3.63) is 40.8 Å². The van der Waals surface area contributed by atoms with E-state index in [4.69, 9.17) is 4.74 Å². The number of aromatic nitrogens is 2. The molecule has 7 heteroatoms. The Labute approximate surface area is 153 Å². The molecule has 140 valence electrons. The number of para-hydroxylation sites is 2. The average molecular weight is 358 g/mol. The number of carbonyl (C=O) groups is 1. The number of carbonyl (C=O) groups excluding carboxylic acids is 1. The first-order valence-electron chi connectivity index (χ1n) is 9.09. The van der Waals surface area contributed by atoms with E-state index in [0.29, 0.717) is 23.5 Å². The van der Waals surface area contributed by atoms with Gasteiger partial charge in [-0.25, -0.2) is 4.98 Å². The van der Waals surface area contributed by atoms with Crippen LogP contribution in [-0.4, -0.2) is 59.2 Å². The SMILES string of the molecule is CC(C)C(CNC(=O)Cn1c(=O)cnc2ccccc21)N1CCOCC1. The van der Waals surface area contributed by atoms with E-state index in [-0.39, 0.29) is 24.1 Å². The van der Waals surface area contributed by atoms with E-state index < -0.39 is 0 Å². The lowest BCUT2D eigenvalue weighted by atomic mass is 10.0. The minimum atomic E-state index is -0.271. The maximum Gasteiger partial charge on any atom is 0.269 e. The Kier molecular flexibility index (Phi) is 6.00. The minimum absolute atomic E-state index is 0.00417. The van der Waals surface area contributed by atoms with Crippen LogP contribution in [0.25, 0.3) is 11.0 Å². The van der Waals surface area contributed by atoms with Crippen molar-refractivity contribution in [2.45, 2.75) is 26.4 Å². The summed E-state index contributed by atoms with van der Waals surface area (Å²) in [5.74, 6) is 0.250. The van der Waals surface area contributed by atoms with Gasteiger partial charge in [0.1, 0.15) is 6.54 Å². The van der Waals surface area contributed by atoms with Crippen LogP contribution < -0.4 is 10.9 Å². The molecule has 26 heavy (non-hydrogen) atoms. The molecule has 0 radical (unpaired) electrons. The van der Waals surface area contributed by atoms with Crippen LogP contribution in [0, 0.1) is 5.92 Å². The fourth-order valence-corrected chi connectivity index (χ4v) is 3.39. The first-order valence-corrected chi connectivity index (χ1v) is 9.09. The normalized spacial score (nSPS) is 16.7. The van der Waals surface area contributed by atoms with Crippen LogP contribution in [0.15, 0.2) is 35.3 Å². The van der Waals surface area contributed by atoms with Crippen LogP contribution in [-0.2, 0) is 16.1 Å². The highest BCUT2D eigenvalue weighted by atomic mass is 16.5. The third-order valence-corrected chi connectivity index (χ3v) is 4.85. The van der Waals surface area contributed by atoms with Crippen molar-refractivity contribution in [2.24, 2.45) is 5.92 Å². The van der Waals surface area contributed by atoms with Crippen molar-refractivity contribution in [3.8, 4) is 0 Å². The van der Waals surface area contributed by atoms with E-state index in [2.05, 4.69) is 29.0 Å². The van der Waals surface area contributed by atoms with E-state index in [9.17, 15) is 9.59 Å². The van der Waals surface area contributed by atoms with Gasteiger partial charge in [-0.15, -0.1) is 0 Å². The molecule has 2 aromatic rings. The van der Waals surface area contributed by atoms with Crippen molar-refractivity contribution < 1.29 is 9.53 Å². The van der Waals surface area contributed by atoms with E-state index in [1.807, 2.05) is 24.3 Å². The van der Waals surface area contributed by atoms with Gasteiger partial charge in [-0.05, 0) is 18.1 Å². The van der Waals surface area contributed by atoms with E-state index >= 15 is 0 Å². The molecule has 1 aliphatic rings. The van der Waals surface area contributed by atoms with E-state index in [0.717, 1.165) is 26.3 Å². The Morgan fingerprint density at radius 1 is 1.27 bits per heavy atom. The van der Waals surface area contributed by atoms with Crippen LogP contribution >= 0.6 is 0 Å². The zero-order valence-electron chi connectivity index (χ0n) is 15.4. The number of fused-ring (bicyclic) bond motifs is 1. The number of ether oxygens (including phenoxy) is 1. The van der Waals surface area contributed by atoms with Gasteiger partial charge in [-0.1, -0.05) is 26.0 Å². The maximum absolute atomic E-state index is 12.5. The van der Waals surface area contributed by atoms with Gasteiger partial charge in [0.25, 0.3) is 5.56 Å². The molecule has 0 bridgehead atoms. The fourth-order valence-electron chi connectivity index (χ4n) is 3.39. The Balaban J connectivity index is 1.67. The second-order valence-electron chi connectivity index (χ2n) is 6.94. The van der Waals surface area contributed by atoms with Gasteiger partial charge in [0.2, 0.25) is 5.91 Å². The molecule has 3 rings (SSSR count). The molecule has 1 N–H and O–H groups in total. The summed E-state index contributed by atoms with van der Waals surface area (Å²) in [6.45, 7) is 8.11. The van der Waals surface area contributed by atoms with Crippen molar-refractivity contribution >= 4 is 16.9 Å². The summed E-state index contributed by atoms with van der Waals surface area (Å²) in [4.78, 5) is 31.1. The summed E-state index contributed by atoms with van der Waals surface area (Å²) < 4.78 is 6.88. The fraction of sp³-hybridized carbons (Fsp3) is 0.526. The van der Waals surface area contributed by atoms with Crippen LogP contribution in [0.5, 0.6) is 0 Å². The average Bonchev–Trinajstić information content (AvgIpc) is 2.65. The Hall–Kier alpha value is -2.25. The van der Waals surface area contributed by atoms with Gasteiger partial charge in [0, 0.05) is 25.7 Å².